The number of pyridine rings is 1. The van der Waals surface area contributed by atoms with E-state index in [9.17, 15) is 8.42 Å². The zero-order chi connectivity index (χ0) is 22.8. The van der Waals surface area contributed by atoms with E-state index in [1.54, 1.807) is 12.3 Å². The minimum absolute atomic E-state index is 0.165. The molecule has 0 saturated heterocycles. The minimum atomic E-state index is -3.38. The topological polar surface area (TPSA) is 76.4 Å². The summed E-state index contributed by atoms with van der Waals surface area (Å²) < 4.78 is 25.9. The molecular formula is C26H22N4O2S. The molecule has 3 heterocycles. The van der Waals surface area contributed by atoms with Crippen LogP contribution >= 0.6 is 0 Å². The molecule has 7 heteroatoms. The average Bonchev–Trinajstić information content (AvgIpc) is 3.28. The average molecular weight is 455 g/mol. The number of hydrogen-bond donors (Lipinski definition) is 1. The molecule has 0 aliphatic heterocycles. The van der Waals surface area contributed by atoms with Gasteiger partial charge in [0.05, 0.1) is 21.8 Å². The summed E-state index contributed by atoms with van der Waals surface area (Å²) in [7, 11) is -3.38. The number of nitrogens with one attached hydrogen (secondary N) is 1. The van der Waals surface area contributed by atoms with Gasteiger partial charge in [0, 0.05) is 42.5 Å². The van der Waals surface area contributed by atoms with E-state index in [4.69, 9.17) is 5.10 Å². The molecule has 0 fully saturated rings. The van der Waals surface area contributed by atoms with Crippen molar-refractivity contribution in [3.8, 4) is 22.4 Å². The van der Waals surface area contributed by atoms with E-state index in [2.05, 4.69) is 34.6 Å². The number of rotatable bonds is 6. The Morgan fingerprint density at radius 2 is 1.61 bits per heavy atom. The van der Waals surface area contributed by atoms with Gasteiger partial charge in [-0.25, -0.2) is 12.9 Å². The van der Waals surface area contributed by atoms with Crippen molar-refractivity contribution < 1.29 is 8.42 Å². The molecule has 0 spiro atoms. The predicted molar refractivity (Wildman–Crippen MR) is 131 cm³/mol. The molecular weight excluding hydrogens is 432 g/mol. The largest absolute Gasteiger partial charge is 0.379 e. The highest BCUT2D eigenvalue weighted by molar-refractivity contribution is 7.90. The zero-order valence-corrected chi connectivity index (χ0v) is 18.8. The number of hydrogen-bond acceptors (Lipinski definition) is 5. The molecule has 0 saturated carbocycles. The predicted octanol–water partition coefficient (Wildman–Crippen LogP) is 5.08. The fraction of sp³-hybridized carbons (Fsp3) is 0.0769. The van der Waals surface area contributed by atoms with Crippen molar-refractivity contribution in [1.82, 2.24) is 14.6 Å². The SMILES string of the molecule is CS(=O)(=O)c1cncc(-c2cc(NCc3ccccc3)c3c(-c4ccccc4)ccn3n2)c1. The Balaban J connectivity index is 1.65. The zero-order valence-electron chi connectivity index (χ0n) is 18.0. The number of sulfone groups is 1. The Bertz CT molecular complexity index is 1530. The van der Waals surface area contributed by atoms with Crippen LogP contribution in [0.2, 0.25) is 0 Å². The first-order chi connectivity index (χ1) is 16.0. The van der Waals surface area contributed by atoms with Crippen molar-refractivity contribution in [3.05, 3.63) is 103 Å². The molecule has 1 N–H and O–H groups in total. The van der Waals surface area contributed by atoms with Gasteiger partial charge in [-0.15, -0.1) is 0 Å². The summed E-state index contributed by atoms with van der Waals surface area (Å²) in [5, 5.41) is 8.33. The van der Waals surface area contributed by atoms with Crippen LogP contribution in [0.4, 0.5) is 5.69 Å². The molecule has 5 rings (SSSR count). The molecule has 0 radical (unpaired) electrons. The standard InChI is InChI=1S/C26H22N4O2S/c1-33(31,32)22-14-21(17-27-18-22)24-15-25(28-16-19-8-4-2-5-9-19)26-23(12-13-30(26)29-24)20-10-6-3-7-11-20/h2-15,17-18,28H,16H2,1H3. The number of nitrogens with zero attached hydrogens (tertiary/aromatic N) is 3. The maximum absolute atomic E-state index is 12.0. The Morgan fingerprint density at radius 1 is 0.879 bits per heavy atom. The van der Waals surface area contributed by atoms with Crippen LogP contribution in [0.1, 0.15) is 5.56 Å². The Labute approximate surface area is 192 Å². The van der Waals surface area contributed by atoms with Crippen LogP contribution in [0.25, 0.3) is 27.9 Å². The van der Waals surface area contributed by atoms with Gasteiger partial charge in [-0.3, -0.25) is 4.98 Å². The molecule has 2 aromatic carbocycles. The Morgan fingerprint density at radius 3 is 2.33 bits per heavy atom. The molecule has 0 bridgehead atoms. The normalized spacial score (nSPS) is 11.5. The van der Waals surface area contributed by atoms with Crippen LogP contribution in [-0.4, -0.2) is 29.3 Å². The third-order valence-corrected chi connectivity index (χ3v) is 6.55. The van der Waals surface area contributed by atoms with Crippen LogP contribution < -0.4 is 5.32 Å². The molecule has 33 heavy (non-hydrogen) atoms. The first kappa shape index (κ1) is 20.9. The van der Waals surface area contributed by atoms with Crippen molar-refractivity contribution in [2.45, 2.75) is 11.4 Å². The van der Waals surface area contributed by atoms with Crippen molar-refractivity contribution in [3.63, 3.8) is 0 Å². The second-order valence-electron chi connectivity index (χ2n) is 7.85. The maximum atomic E-state index is 12.0. The Hall–Kier alpha value is -3.97. The smallest absolute Gasteiger partial charge is 0.177 e. The number of aromatic nitrogens is 3. The van der Waals surface area contributed by atoms with E-state index in [0.717, 1.165) is 27.9 Å². The third kappa shape index (κ3) is 4.36. The third-order valence-electron chi connectivity index (χ3n) is 5.47. The quantitative estimate of drug-likeness (QED) is 0.387. The molecule has 6 nitrogen and oxygen atoms in total. The van der Waals surface area contributed by atoms with Crippen molar-refractivity contribution in [2.24, 2.45) is 0 Å². The van der Waals surface area contributed by atoms with Crippen molar-refractivity contribution >= 4 is 21.0 Å². The number of fused-ring (bicyclic) bond motifs is 1. The molecule has 164 valence electrons. The molecule has 0 aliphatic rings. The van der Waals surface area contributed by atoms with Gasteiger partial charge in [0.15, 0.2) is 9.84 Å². The highest BCUT2D eigenvalue weighted by atomic mass is 32.2. The van der Waals surface area contributed by atoms with Gasteiger partial charge in [0.1, 0.15) is 0 Å². The maximum Gasteiger partial charge on any atom is 0.177 e. The Kier molecular flexibility index (Phi) is 5.40. The van der Waals surface area contributed by atoms with Crippen LogP contribution in [-0.2, 0) is 16.4 Å². The fourth-order valence-corrected chi connectivity index (χ4v) is 4.40. The van der Waals surface area contributed by atoms with E-state index in [-0.39, 0.29) is 4.90 Å². The molecule has 5 aromatic rings. The van der Waals surface area contributed by atoms with E-state index in [1.165, 1.54) is 12.5 Å². The summed E-state index contributed by atoms with van der Waals surface area (Å²) >= 11 is 0. The molecule has 0 atom stereocenters. The lowest BCUT2D eigenvalue weighted by Gasteiger charge is -2.13. The lowest BCUT2D eigenvalue weighted by molar-refractivity contribution is 0.601. The van der Waals surface area contributed by atoms with Gasteiger partial charge in [-0.05, 0) is 29.3 Å². The second-order valence-corrected chi connectivity index (χ2v) is 9.87. The van der Waals surface area contributed by atoms with Crippen LogP contribution in [0.5, 0.6) is 0 Å². The molecule has 0 amide bonds. The van der Waals surface area contributed by atoms with Gasteiger partial charge in [-0.2, -0.15) is 5.10 Å². The highest BCUT2D eigenvalue weighted by Crippen LogP contribution is 2.33. The molecule has 3 aromatic heterocycles. The number of anilines is 1. The summed E-state index contributed by atoms with van der Waals surface area (Å²) in [4.78, 5) is 4.30. The lowest BCUT2D eigenvalue weighted by atomic mass is 10.1. The monoisotopic (exact) mass is 454 g/mol. The van der Waals surface area contributed by atoms with Gasteiger partial charge in [0.2, 0.25) is 0 Å². The van der Waals surface area contributed by atoms with E-state index in [0.29, 0.717) is 17.8 Å². The van der Waals surface area contributed by atoms with E-state index >= 15 is 0 Å². The van der Waals surface area contributed by atoms with Crippen LogP contribution in [0.3, 0.4) is 0 Å². The minimum Gasteiger partial charge on any atom is -0.379 e. The summed E-state index contributed by atoms with van der Waals surface area (Å²) in [5.41, 5.74) is 6.43. The van der Waals surface area contributed by atoms with Gasteiger partial charge in [0.25, 0.3) is 0 Å². The first-order valence-corrected chi connectivity index (χ1v) is 12.4. The van der Waals surface area contributed by atoms with Crippen molar-refractivity contribution in [2.75, 3.05) is 11.6 Å². The fourth-order valence-electron chi connectivity index (χ4n) is 3.81. The van der Waals surface area contributed by atoms with Gasteiger partial charge >= 0.3 is 0 Å². The summed E-state index contributed by atoms with van der Waals surface area (Å²) in [5.74, 6) is 0. The van der Waals surface area contributed by atoms with Gasteiger partial charge in [-0.1, -0.05) is 60.7 Å². The summed E-state index contributed by atoms with van der Waals surface area (Å²) in [6, 6.07) is 25.9. The summed E-state index contributed by atoms with van der Waals surface area (Å²) in [6.07, 6.45) is 6.08. The van der Waals surface area contributed by atoms with E-state index in [1.807, 2.05) is 59.2 Å². The van der Waals surface area contributed by atoms with Crippen molar-refractivity contribution in [1.29, 1.82) is 0 Å². The second kappa shape index (κ2) is 8.52. The van der Waals surface area contributed by atoms with E-state index < -0.39 is 9.84 Å². The van der Waals surface area contributed by atoms with Gasteiger partial charge < -0.3 is 5.32 Å². The van der Waals surface area contributed by atoms with Crippen LogP contribution in [0, 0.1) is 0 Å². The number of benzene rings is 2. The lowest BCUT2D eigenvalue weighted by Crippen LogP contribution is -2.05. The van der Waals surface area contributed by atoms with Crippen LogP contribution in [0.15, 0.2) is 102 Å². The summed E-state index contributed by atoms with van der Waals surface area (Å²) in [6.45, 7) is 0.640. The highest BCUT2D eigenvalue weighted by Gasteiger charge is 2.15. The molecule has 0 unspecified atom stereocenters. The molecule has 0 aliphatic carbocycles. The first-order valence-electron chi connectivity index (χ1n) is 10.5.